The Morgan fingerprint density at radius 3 is 2.52 bits per heavy atom. The van der Waals surface area contributed by atoms with Gasteiger partial charge in [0.05, 0.1) is 29.8 Å². The summed E-state index contributed by atoms with van der Waals surface area (Å²) < 4.78 is 12.1. The molecule has 0 saturated heterocycles. The second-order valence-corrected chi connectivity index (χ2v) is 8.19. The summed E-state index contributed by atoms with van der Waals surface area (Å²) in [4.78, 5) is 12.0. The van der Waals surface area contributed by atoms with Gasteiger partial charge in [-0.2, -0.15) is 5.10 Å². The standard InChI is InChI=1S/C23H19BrCl2N2O3/c1-30-21-11-17(13-27-28-23(29)10-15-5-3-2-4-6-15)18(24)12-22(21)31-14-16-7-8-19(25)20(26)9-16/h2-9,11-13H,10,14H2,1H3,(H,28,29)/b27-13+. The van der Waals surface area contributed by atoms with E-state index in [0.29, 0.717) is 28.2 Å². The van der Waals surface area contributed by atoms with Crippen LogP contribution in [0.5, 0.6) is 11.5 Å². The molecule has 0 heterocycles. The zero-order valence-corrected chi connectivity index (χ0v) is 19.7. The van der Waals surface area contributed by atoms with Gasteiger partial charge in [-0.25, -0.2) is 5.43 Å². The highest BCUT2D eigenvalue weighted by molar-refractivity contribution is 9.10. The number of methoxy groups -OCH3 is 1. The lowest BCUT2D eigenvalue weighted by molar-refractivity contribution is -0.120. The summed E-state index contributed by atoms with van der Waals surface area (Å²) in [6.45, 7) is 0.294. The van der Waals surface area contributed by atoms with E-state index in [2.05, 4.69) is 26.5 Å². The van der Waals surface area contributed by atoms with Crippen molar-refractivity contribution in [1.29, 1.82) is 0 Å². The summed E-state index contributed by atoms with van der Waals surface area (Å²) in [5, 5.41) is 5.00. The Morgan fingerprint density at radius 2 is 1.81 bits per heavy atom. The molecule has 0 aromatic heterocycles. The van der Waals surface area contributed by atoms with E-state index < -0.39 is 0 Å². The predicted octanol–water partition coefficient (Wildman–Crippen LogP) is 6.04. The van der Waals surface area contributed by atoms with Gasteiger partial charge < -0.3 is 9.47 Å². The highest BCUT2D eigenvalue weighted by Gasteiger charge is 2.11. The highest BCUT2D eigenvalue weighted by Crippen LogP contribution is 2.34. The monoisotopic (exact) mass is 520 g/mol. The molecule has 3 aromatic rings. The topological polar surface area (TPSA) is 59.9 Å². The number of carbonyl (C=O) groups is 1. The summed E-state index contributed by atoms with van der Waals surface area (Å²) in [7, 11) is 1.55. The van der Waals surface area contributed by atoms with Crippen LogP contribution >= 0.6 is 39.1 Å². The SMILES string of the molecule is COc1cc(/C=N/NC(=O)Cc2ccccc2)c(Br)cc1OCc1ccc(Cl)c(Cl)c1. The van der Waals surface area contributed by atoms with Gasteiger partial charge in [-0.3, -0.25) is 4.79 Å². The van der Waals surface area contributed by atoms with Gasteiger partial charge >= 0.3 is 0 Å². The van der Waals surface area contributed by atoms with E-state index in [9.17, 15) is 4.79 Å². The first kappa shape index (κ1) is 23.1. The van der Waals surface area contributed by atoms with Crippen molar-refractivity contribution in [3.63, 3.8) is 0 Å². The van der Waals surface area contributed by atoms with Gasteiger partial charge in [0.1, 0.15) is 6.61 Å². The lowest BCUT2D eigenvalue weighted by Crippen LogP contribution is -2.19. The normalized spacial score (nSPS) is 10.8. The molecule has 160 valence electrons. The number of nitrogens with one attached hydrogen (secondary N) is 1. The van der Waals surface area contributed by atoms with Gasteiger partial charge in [0.2, 0.25) is 5.91 Å². The molecule has 31 heavy (non-hydrogen) atoms. The minimum Gasteiger partial charge on any atom is -0.493 e. The van der Waals surface area contributed by atoms with Crippen LogP contribution in [0.1, 0.15) is 16.7 Å². The fraction of sp³-hybridized carbons (Fsp3) is 0.130. The summed E-state index contributed by atoms with van der Waals surface area (Å²) in [5.74, 6) is 0.873. The van der Waals surface area contributed by atoms with E-state index in [1.165, 1.54) is 6.21 Å². The molecule has 0 unspecified atom stereocenters. The van der Waals surface area contributed by atoms with E-state index in [4.69, 9.17) is 32.7 Å². The number of hydrazone groups is 1. The van der Waals surface area contributed by atoms with Crippen LogP contribution in [-0.2, 0) is 17.8 Å². The molecule has 5 nitrogen and oxygen atoms in total. The van der Waals surface area contributed by atoms with Crippen molar-refractivity contribution in [2.75, 3.05) is 7.11 Å². The molecule has 1 amide bonds. The van der Waals surface area contributed by atoms with Crippen molar-refractivity contribution in [3.05, 3.63) is 91.9 Å². The lowest BCUT2D eigenvalue weighted by Gasteiger charge is -2.13. The molecule has 1 N–H and O–H groups in total. The van der Waals surface area contributed by atoms with Crippen LogP contribution in [0.3, 0.4) is 0 Å². The molecule has 0 fully saturated rings. The molecular weight excluding hydrogens is 503 g/mol. The number of rotatable bonds is 8. The Balaban J connectivity index is 1.64. The van der Waals surface area contributed by atoms with Crippen molar-refractivity contribution in [3.8, 4) is 11.5 Å². The molecular formula is C23H19BrCl2N2O3. The molecule has 0 saturated carbocycles. The zero-order valence-electron chi connectivity index (χ0n) is 16.6. The largest absolute Gasteiger partial charge is 0.493 e. The number of halogens is 3. The van der Waals surface area contributed by atoms with Crippen molar-refractivity contribution in [2.24, 2.45) is 5.10 Å². The average Bonchev–Trinajstić information content (AvgIpc) is 2.76. The third-order valence-corrected chi connectivity index (χ3v) is 5.69. The third kappa shape index (κ3) is 6.72. The summed E-state index contributed by atoms with van der Waals surface area (Å²) in [6, 6.07) is 18.3. The van der Waals surface area contributed by atoms with Gasteiger partial charge in [-0.15, -0.1) is 0 Å². The molecule has 0 bridgehead atoms. The van der Waals surface area contributed by atoms with Gasteiger partial charge in [0, 0.05) is 10.0 Å². The molecule has 3 rings (SSSR count). The summed E-state index contributed by atoms with van der Waals surface area (Å²) in [6.07, 6.45) is 1.79. The van der Waals surface area contributed by atoms with Crippen LogP contribution in [0.2, 0.25) is 10.0 Å². The smallest absolute Gasteiger partial charge is 0.244 e. The number of hydrogen-bond acceptors (Lipinski definition) is 4. The lowest BCUT2D eigenvalue weighted by atomic mass is 10.1. The minimum absolute atomic E-state index is 0.202. The average molecular weight is 522 g/mol. The number of hydrogen-bond donors (Lipinski definition) is 1. The number of carbonyl (C=O) groups excluding carboxylic acids is 1. The Hall–Kier alpha value is -2.54. The number of nitrogens with zero attached hydrogens (tertiary/aromatic N) is 1. The fourth-order valence-electron chi connectivity index (χ4n) is 2.71. The zero-order chi connectivity index (χ0) is 22.2. The van der Waals surface area contributed by atoms with E-state index in [1.54, 1.807) is 31.4 Å². The Bertz CT molecular complexity index is 1090. The van der Waals surface area contributed by atoms with Gasteiger partial charge in [-0.05, 0) is 51.3 Å². The summed E-state index contributed by atoms with van der Waals surface area (Å²) in [5.41, 5.74) is 5.04. The van der Waals surface area contributed by atoms with E-state index in [1.807, 2.05) is 36.4 Å². The van der Waals surface area contributed by atoms with Crippen LogP contribution in [0.15, 0.2) is 70.2 Å². The molecule has 0 aliphatic carbocycles. The first-order valence-electron chi connectivity index (χ1n) is 9.26. The number of amides is 1. The molecule has 8 heteroatoms. The highest BCUT2D eigenvalue weighted by atomic mass is 79.9. The van der Waals surface area contributed by atoms with Crippen LogP contribution in [0.4, 0.5) is 0 Å². The van der Waals surface area contributed by atoms with E-state index in [0.717, 1.165) is 21.2 Å². The molecule has 3 aromatic carbocycles. The number of benzene rings is 3. The van der Waals surface area contributed by atoms with Gasteiger partial charge in [0.25, 0.3) is 0 Å². The predicted molar refractivity (Wildman–Crippen MR) is 127 cm³/mol. The molecule has 0 aliphatic heterocycles. The minimum atomic E-state index is -0.202. The van der Waals surface area contributed by atoms with Crippen LogP contribution < -0.4 is 14.9 Å². The molecule has 0 aliphatic rings. The van der Waals surface area contributed by atoms with E-state index in [-0.39, 0.29) is 12.3 Å². The van der Waals surface area contributed by atoms with Crippen LogP contribution in [0, 0.1) is 0 Å². The Kier molecular flexibility index (Phi) is 8.35. The van der Waals surface area contributed by atoms with Crippen molar-refractivity contribution in [1.82, 2.24) is 5.43 Å². The van der Waals surface area contributed by atoms with Gasteiger partial charge in [0.15, 0.2) is 11.5 Å². The molecule has 0 radical (unpaired) electrons. The van der Waals surface area contributed by atoms with Crippen LogP contribution in [0.25, 0.3) is 0 Å². The van der Waals surface area contributed by atoms with Crippen molar-refractivity contribution >= 4 is 51.3 Å². The second kappa shape index (κ2) is 11.2. The number of ether oxygens (including phenoxy) is 2. The first-order chi connectivity index (χ1) is 15.0. The first-order valence-corrected chi connectivity index (χ1v) is 10.8. The van der Waals surface area contributed by atoms with Gasteiger partial charge in [-0.1, -0.05) is 59.6 Å². The molecule has 0 spiro atoms. The molecule has 0 atom stereocenters. The Labute approximate surface area is 199 Å². The Morgan fingerprint density at radius 1 is 1.03 bits per heavy atom. The van der Waals surface area contributed by atoms with E-state index >= 15 is 0 Å². The van der Waals surface area contributed by atoms with Crippen LogP contribution in [-0.4, -0.2) is 19.2 Å². The second-order valence-electron chi connectivity index (χ2n) is 6.52. The maximum Gasteiger partial charge on any atom is 0.244 e. The summed E-state index contributed by atoms with van der Waals surface area (Å²) >= 11 is 15.5. The maximum atomic E-state index is 12.0. The van der Waals surface area contributed by atoms with Crippen molar-refractivity contribution < 1.29 is 14.3 Å². The quantitative estimate of drug-likeness (QED) is 0.290. The fourth-order valence-corrected chi connectivity index (χ4v) is 3.45. The maximum absolute atomic E-state index is 12.0. The van der Waals surface area contributed by atoms with Crippen molar-refractivity contribution in [2.45, 2.75) is 13.0 Å². The third-order valence-electron chi connectivity index (χ3n) is 4.26.